The number of hydrogen-bond donors (Lipinski definition) is 2. The molecular formula is C20H26IN3O. The summed E-state index contributed by atoms with van der Waals surface area (Å²) in [5.74, 6) is 1.58. The molecule has 0 aromatic heterocycles. The van der Waals surface area contributed by atoms with Crippen molar-refractivity contribution in [1.29, 1.82) is 0 Å². The fraction of sp³-hybridized carbons (Fsp3) is 0.350. The first kappa shape index (κ1) is 19.6. The minimum absolute atomic E-state index is 0. The lowest BCUT2D eigenvalue weighted by molar-refractivity contribution is 0.407. The Bertz CT molecular complexity index is 745. The predicted octanol–water partition coefficient (Wildman–Crippen LogP) is 4.33. The van der Waals surface area contributed by atoms with E-state index in [0.717, 1.165) is 23.4 Å². The number of benzene rings is 2. The minimum atomic E-state index is 0. The molecule has 0 aliphatic heterocycles. The fourth-order valence-corrected chi connectivity index (χ4v) is 3.24. The zero-order valence-electron chi connectivity index (χ0n) is 14.8. The number of rotatable bonds is 5. The molecule has 1 unspecified atom stereocenters. The summed E-state index contributed by atoms with van der Waals surface area (Å²) in [5.41, 5.74) is 11.1. The number of anilines is 1. The number of aliphatic imine (C=N–C) groups is 1. The Labute approximate surface area is 166 Å². The molecule has 3 N–H and O–H groups in total. The van der Waals surface area contributed by atoms with Crippen LogP contribution in [0.2, 0.25) is 0 Å². The number of aryl methyl sites for hydroxylation is 2. The fourth-order valence-electron chi connectivity index (χ4n) is 3.24. The Balaban J connectivity index is 0.00000225. The third-order valence-electron chi connectivity index (χ3n) is 4.58. The van der Waals surface area contributed by atoms with Gasteiger partial charge in [0.1, 0.15) is 5.75 Å². The van der Waals surface area contributed by atoms with Crippen molar-refractivity contribution in [1.82, 2.24) is 0 Å². The topological polar surface area (TPSA) is 59.6 Å². The second-order valence-electron chi connectivity index (χ2n) is 6.33. The van der Waals surface area contributed by atoms with Crippen LogP contribution in [0.15, 0.2) is 47.5 Å². The first-order chi connectivity index (χ1) is 11.7. The summed E-state index contributed by atoms with van der Waals surface area (Å²) in [5, 5.41) is 3.20. The van der Waals surface area contributed by atoms with Crippen LogP contribution in [0.1, 0.15) is 36.0 Å². The third kappa shape index (κ3) is 4.87. The Kier molecular flexibility index (Phi) is 7.11. The number of nitrogens with zero attached hydrogens (tertiary/aromatic N) is 1. The van der Waals surface area contributed by atoms with Gasteiger partial charge in [-0.25, -0.2) is 0 Å². The molecule has 0 amide bonds. The lowest BCUT2D eigenvalue weighted by atomic mass is 10.0. The van der Waals surface area contributed by atoms with Gasteiger partial charge < -0.3 is 15.8 Å². The molecule has 2 aromatic rings. The van der Waals surface area contributed by atoms with E-state index >= 15 is 0 Å². The summed E-state index contributed by atoms with van der Waals surface area (Å²) < 4.78 is 5.42. The van der Waals surface area contributed by atoms with Gasteiger partial charge >= 0.3 is 0 Å². The van der Waals surface area contributed by atoms with Crippen molar-refractivity contribution < 1.29 is 4.74 Å². The van der Waals surface area contributed by atoms with Crippen LogP contribution < -0.4 is 15.8 Å². The molecule has 2 aromatic carbocycles. The number of fused-ring (bicyclic) bond motifs is 1. The minimum Gasteiger partial charge on any atom is -0.496 e. The van der Waals surface area contributed by atoms with E-state index in [4.69, 9.17) is 10.5 Å². The van der Waals surface area contributed by atoms with Crippen LogP contribution in [0, 0.1) is 0 Å². The van der Waals surface area contributed by atoms with Gasteiger partial charge in [-0.2, -0.15) is 0 Å². The summed E-state index contributed by atoms with van der Waals surface area (Å²) in [6.45, 7) is 2.74. The summed E-state index contributed by atoms with van der Waals surface area (Å²) >= 11 is 0. The number of nitrogens with two attached hydrogens (primary N) is 1. The lowest BCUT2D eigenvalue weighted by Gasteiger charge is -2.14. The molecule has 0 heterocycles. The van der Waals surface area contributed by atoms with E-state index in [1.54, 1.807) is 7.11 Å². The van der Waals surface area contributed by atoms with Crippen molar-refractivity contribution in [3.8, 4) is 5.75 Å². The van der Waals surface area contributed by atoms with Crippen LogP contribution in [0.5, 0.6) is 5.75 Å². The quantitative estimate of drug-likeness (QED) is 0.404. The number of guanidine groups is 1. The molecule has 0 bridgehead atoms. The SMILES string of the molecule is COc1ccccc1C(C)CN=C(N)Nc1ccc2c(c1)CCC2.I. The maximum absolute atomic E-state index is 6.06. The molecule has 25 heavy (non-hydrogen) atoms. The number of ether oxygens (including phenoxy) is 1. The van der Waals surface area contributed by atoms with E-state index in [-0.39, 0.29) is 29.9 Å². The average Bonchev–Trinajstić information content (AvgIpc) is 3.07. The number of halogens is 1. The predicted molar refractivity (Wildman–Crippen MR) is 115 cm³/mol. The highest BCUT2D eigenvalue weighted by atomic mass is 127. The van der Waals surface area contributed by atoms with Gasteiger partial charge in [0.25, 0.3) is 0 Å². The van der Waals surface area contributed by atoms with Crippen LogP contribution in [0.3, 0.4) is 0 Å². The van der Waals surface area contributed by atoms with Gasteiger partial charge in [0.05, 0.1) is 7.11 Å². The first-order valence-corrected chi connectivity index (χ1v) is 8.49. The molecule has 1 aliphatic carbocycles. The monoisotopic (exact) mass is 451 g/mol. The maximum atomic E-state index is 6.06. The van der Waals surface area contributed by atoms with Crippen LogP contribution in [-0.4, -0.2) is 19.6 Å². The van der Waals surface area contributed by atoms with E-state index < -0.39 is 0 Å². The molecule has 134 valence electrons. The third-order valence-corrected chi connectivity index (χ3v) is 4.58. The molecule has 4 nitrogen and oxygen atoms in total. The number of methoxy groups -OCH3 is 1. The lowest BCUT2D eigenvalue weighted by Crippen LogP contribution is -2.23. The summed E-state index contributed by atoms with van der Waals surface area (Å²) in [7, 11) is 1.69. The van der Waals surface area contributed by atoms with Crippen molar-refractivity contribution in [2.24, 2.45) is 10.7 Å². The molecule has 0 saturated heterocycles. The van der Waals surface area contributed by atoms with Crippen molar-refractivity contribution in [3.05, 3.63) is 59.2 Å². The molecule has 3 rings (SSSR count). The molecule has 0 saturated carbocycles. The molecular weight excluding hydrogens is 425 g/mol. The van der Waals surface area contributed by atoms with E-state index in [2.05, 4.69) is 41.5 Å². The van der Waals surface area contributed by atoms with E-state index in [1.165, 1.54) is 24.0 Å². The van der Waals surface area contributed by atoms with Crippen LogP contribution in [0.4, 0.5) is 5.69 Å². The van der Waals surface area contributed by atoms with Gasteiger partial charge in [-0.3, -0.25) is 4.99 Å². The average molecular weight is 451 g/mol. The van der Waals surface area contributed by atoms with E-state index in [1.807, 2.05) is 18.2 Å². The second-order valence-corrected chi connectivity index (χ2v) is 6.33. The largest absolute Gasteiger partial charge is 0.496 e. The van der Waals surface area contributed by atoms with E-state index in [0.29, 0.717) is 12.5 Å². The van der Waals surface area contributed by atoms with Crippen molar-refractivity contribution in [2.45, 2.75) is 32.1 Å². The normalized spacial score (nSPS) is 14.4. The highest BCUT2D eigenvalue weighted by molar-refractivity contribution is 14.0. The van der Waals surface area contributed by atoms with Crippen molar-refractivity contribution in [3.63, 3.8) is 0 Å². The van der Waals surface area contributed by atoms with Crippen LogP contribution in [-0.2, 0) is 12.8 Å². The zero-order chi connectivity index (χ0) is 16.9. The van der Waals surface area contributed by atoms with Gasteiger partial charge in [-0.05, 0) is 54.2 Å². The highest BCUT2D eigenvalue weighted by Crippen LogP contribution is 2.27. The molecule has 0 spiro atoms. The standard InChI is InChI=1S/C20H25N3O.HI/c1-14(18-8-3-4-9-19(18)24-2)13-22-20(21)23-17-11-10-15-6-5-7-16(15)12-17;/h3-4,8-12,14H,5-7,13H2,1-2H3,(H3,21,22,23);1H. The Hall–Kier alpha value is -1.76. The molecule has 0 radical (unpaired) electrons. The highest BCUT2D eigenvalue weighted by Gasteiger charge is 2.12. The van der Waals surface area contributed by atoms with Crippen molar-refractivity contribution >= 4 is 35.6 Å². The second kappa shape index (κ2) is 9.08. The van der Waals surface area contributed by atoms with Gasteiger partial charge in [0.2, 0.25) is 0 Å². The molecule has 5 heteroatoms. The zero-order valence-corrected chi connectivity index (χ0v) is 17.1. The summed E-state index contributed by atoms with van der Waals surface area (Å²) in [6, 6.07) is 14.5. The van der Waals surface area contributed by atoms with Gasteiger partial charge in [-0.1, -0.05) is 31.2 Å². The smallest absolute Gasteiger partial charge is 0.193 e. The summed E-state index contributed by atoms with van der Waals surface area (Å²) in [4.78, 5) is 4.49. The number of nitrogens with one attached hydrogen (secondary N) is 1. The van der Waals surface area contributed by atoms with Gasteiger partial charge in [0, 0.05) is 18.2 Å². The molecule has 1 aliphatic rings. The summed E-state index contributed by atoms with van der Waals surface area (Å²) in [6.07, 6.45) is 3.60. The Morgan fingerprint density at radius 1 is 1.20 bits per heavy atom. The first-order valence-electron chi connectivity index (χ1n) is 8.49. The Morgan fingerprint density at radius 2 is 1.96 bits per heavy atom. The van der Waals surface area contributed by atoms with E-state index in [9.17, 15) is 0 Å². The van der Waals surface area contributed by atoms with Crippen molar-refractivity contribution in [2.75, 3.05) is 19.0 Å². The van der Waals surface area contributed by atoms with Crippen LogP contribution >= 0.6 is 24.0 Å². The Morgan fingerprint density at radius 3 is 2.76 bits per heavy atom. The van der Waals surface area contributed by atoms with Crippen LogP contribution in [0.25, 0.3) is 0 Å². The number of para-hydroxylation sites is 1. The van der Waals surface area contributed by atoms with Gasteiger partial charge in [-0.15, -0.1) is 24.0 Å². The van der Waals surface area contributed by atoms with Gasteiger partial charge in [0.15, 0.2) is 5.96 Å². The number of hydrogen-bond acceptors (Lipinski definition) is 2. The molecule has 1 atom stereocenters. The maximum Gasteiger partial charge on any atom is 0.193 e. The molecule has 0 fully saturated rings.